The summed E-state index contributed by atoms with van der Waals surface area (Å²) in [5.41, 5.74) is -0.0835. The molecule has 0 aliphatic rings. The highest BCUT2D eigenvalue weighted by Gasteiger charge is 2.31. The third-order valence-electron chi connectivity index (χ3n) is 4.94. The van der Waals surface area contributed by atoms with Crippen molar-refractivity contribution in [2.45, 2.75) is 46.1 Å². The van der Waals surface area contributed by atoms with Gasteiger partial charge in [-0.3, -0.25) is 0 Å². The standard InChI is InChI=1S/C24H23F3O5/c1-14-11-19(9-10-20(14)32-23(3,4)22(28)29)30-13-17-12-21(31-15(17)2)16-5-7-18(8-6-16)24(25,26)27/h5-12H,13H2,1-4H3,(H,28,29). The van der Waals surface area contributed by atoms with Crippen molar-refractivity contribution in [2.75, 3.05) is 0 Å². The van der Waals surface area contributed by atoms with Crippen LogP contribution >= 0.6 is 0 Å². The second kappa shape index (κ2) is 8.61. The Hall–Kier alpha value is -3.42. The van der Waals surface area contributed by atoms with Crippen LogP contribution in [0.5, 0.6) is 11.5 Å². The average Bonchev–Trinajstić information content (AvgIpc) is 3.08. The molecule has 0 spiro atoms. The maximum Gasteiger partial charge on any atom is 0.416 e. The number of furan rings is 1. The zero-order chi connectivity index (χ0) is 23.7. The molecule has 0 aliphatic heterocycles. The number of carboxylic acids is 1. The van der Waals surface area contributed by atoms with E-state index in [1.165, 1.54) is 26.0 Å². The number of carbonyl (C=O) groups is 1. The summed E-state index contributed by atoms with van der Waals surface area (Å²) >= 11 is 0. The molecule has 5 nitrogen and oxygen atoms in total. The van der Waals surface area contributed by atoms with Crippen LogP contribution in [0, 0.1) is 13.8 Å². The molecule has 3 aromatic rings. The van der Waals surface area contributed by atoms with Gasteiger partial charge < -0.3 is 19.0 Å². The maximum atomic E-state index is 12.7. The van der Waals surface area contributed by atoms with Crippen molar-refractivity contribution in [3.8, 4) is 22.8 Å². The van der Waals surface area contributed by atoms with Crippen molar-refractivity contribution < 1.29 is 37.0 Å². The van der Waals surface area contributed by atoms with Crippen LogP contribution in [0.4, 0.5) is 13.2 Å². The predicted octanol–water partition coefficient (Wildman–Crippen LogP) is 6.40. The Bertz CT molecular complexity index is 1110. The zero-order valence-corrected chi connectivity index (χ0v) is 18.0. The molecule has 0 saturated carbocycles. The summed E-state index contributed by atoms with van der Waals surface area (Å²) in [6, 6.07) is 11.6. The molecule has 0 aliphatic carbocycles. The van der Waals surface area contributed by atoms with Gasteiger partial charge in [-0.05, 0) is 69.7 Å². The van der Waals surface area contributed by atoms with Crippen LogP contribution < -0.4 is 9.47 Å². The zero-order valence-electron chi connectivity index (χ0n) is 18.0. The molecular formula is C24H23F3O5. The Morgan fingerprint density at radius 3 is 2.25 bits per heavy atom. The highest BCUT2D eigenvalue weighted by atomic mass is 19.4. The molecule has 0 unspecified atom stereocenters. The van der Waals surface area contributed by atoms with E-state index in [1.807, 2.05) is 0 Å². The molecule has 1 N–H and O–H groups in total. The van der Waals surface area contributed by atoms with Gasteiger partial charge in [0.05, 0.1) is 5.56 Å². The number of halogens is 3. The van der Waals surface area contributed by atoms with E-state index in [-0.39, 0.29) is 6.61 Å². The molecule has 1 aromatic heterocycles. The van der Waals surface area contributed by atoms with E-state index in [2.05, 4.69) is 0 Å². The molecule has 1 heterocycles. The van der Waals surface area contributed by atoms with Gasteiger partial charge in [-0.15, -0.1) is 0 Å². The van der Waals surface area contributed by atoms with Gasteiger partial charge in [0.25, 0.3) is 0 Å². The first kappa shape index (κ1) is 23.2. The Labute approximate surface area is 183 Å². The van der Waals surface area contributed by atoms with Gasteiger partial charge in [0.1, 0.15) is 29.6 Å². The number of aryl methyl sites for hydroxylation is 2. The molecule has 3 rings (SSSR count). The van der Waals surface area contributed by atoms with E-state index in [0.29, 0.717) is 34.1 Å². The lowest BCUT2D eigenvalue weighted by Gasteiger charge is -2.23. The minimum absolute atomic E-state index is 0.191. The lowest BCUT2D eigenvalue weighted by molar-refractivity contribution is -0.152. The van der Waals surface area contributed by atoms with E-state index in [0.717, 1.165) is 17.7 Å². The van der Waals surface area contributed by atoms with Gasteiger partial charge in [-0.25, -0.2) is 4.79 Å². The van der Waals surface area contributed by atoms with Crippen LogP contribution in [-0.4, -0.2) is 16.7 Å². The predicted molar refractivity (Wildman–Crippen MR) is 112 cm³/mol. The fraction of sp³-hybridized carbons (Fsp3) is 0.292. The van der Waals surface area contributed by atoms with E-state index in [1.54, 1.807) is 38.1 Å². The number of hydrogen-bond donors (Lipinski definition) is 1. The smallest absolute Gasteiger partial charge is 0.416 e. The van der Waals surface area contributed by atoms with E-state index in [9.17, 15) is 23.1 Å². The maximum absolute atomic E-state index is 12.7. The molecule has 0 saturated heterocycles. The van der Waals surface area contributed by atoms with Gasteiger partial charge in [-0.2, -0.15) is 13.2 Å². The van der Waals surface area contributed by atoms with Crippen LogP contribution in [0.25, 0.3) is 11.3 Å². The minimum atomic E-state index is -4.39. The number of rotatable bonds is 7. The molecule has 0 amide bonds. The van der Waals surface area contributed by atoms with Gasteiger partial charge in [-0.1, -0.05) is 12.1 Å². The summed E-state index contributed by atoms with van der Waals surface area (Å²) in [7, 11) is 0. The first-order valence-corrected chi connectivity index (χ1v) is 9.79. The van der Waals surface area contributed by atoms with Gasteiger partial charge >= 0.3 is 12.1 Å². The van der Waals surface area contributed by atoms with Crippen LogP contribution in [0.15, 0.2) is 52.9 Å². The summed E-state index contributed by atoms with van der Waals surface area (Å²) in [5.74, 6) is 0.968. The molecule has 2 aromatic carbocycles. The first-order valence-electron chi connectivity index (χ1n) is 9.79. The molecule has 0 bridgehead atoms. The normalized spacial score (nSPS) is 12.0. The Balaban J connectivity index is 1.70. The summed E-state index contributed by atoms with van der Waals surface area (Å²) in [6.07, 6.45) is -4.39. The molecule has 0 fully saturated rings. The highest BCUT2D eigenvalue weighted by molar-refractivity contribution is 5.76. The molecule has 32 heavy (non-hydrogen) atoms. The van der Waals surface area contributed by atoms with Gasteiger partial charge in [0.15, 0.2) is 5.60 Å². The van der Waals surface area contributed by atoms with Crippen molar-refractivity contribution in [1.29, 1.82) is 0 Å². The Morgan fingerprint density at radius 2 is 1.69 bits per heavy atom. The molecule has 170 valence electrons. The molecular weight excluding hydrogens is 425 g/mol. The number of carboxylic acid groups (broad SMARTS) is 1. The fourth-order valence-corrected chi connectivity index (χ4v) is 2.93. The summed E-state index contributed by atoms with van der Waals surface area (Å²) < 4.78 is 55.3. The summed E-state index contributed by atoms with van der Waals surface area (Å²) in [5, 5.41) is 9.21. The number of aliphatic carboxylic acids is 1. The van der Waals surface area contributed by atoms with Crippen molar-refractivity contribution in [2.24, 2.45) is 0 Å². The molecule has 0 radical (unpaired) electrons. The van der Waals surface area contributed by atoms with E-state index >= 15 is 0 Å². The second-order valence-corrected chi connectivity index (χ2v) is 7.90. The largest absolute Gasteiger partial charge is 0.489 e. The van der Waals surface area contributed by atoms with Crippen molar-refractivity contribution in [3.05, 3.63) is 71.0 Å². The topological polar surface area (TPSA) is 68.9 Å². The highest BCUT2D eigenvalue weighted by Crippen LogP contribution is 2.33. The lowest BCUT2D eigenvalue weighted by Crippen LogP contribution is -2.38. The van der Waals surface area contributed by atoms with Gasteiger partial charge in [0, 0.05) is 11.1 Å². The minimum Gasteiger partial charge on any atom is -0.489 e. The SMILES string of the molecule is Cc1cc(OCc2cc(-c3ccc(C(F)(F)F)cc3)oc2C)ccc1OC(C)(C)C(=O)O. The Morgan fingerprint density at radius 1 is 1.03 bits per heavy atom. The third kappa shape index (κ3) is 5.25. The summed E-state index contributed by atoms with van der Waals surface area (Å²) in [6.45, 7) is 6.66. The number of hydrogen-bond acceptors (Lipinski definition) is 4. The quantitative estimate of drug-likeness (QED) is 0.453. The third-order valence-corrected chi connectivity index (χ3v) is 4.94. The number of benzene rings is 2. The average molecular weight is 448 g/mol. The summed E-state index contributed by atoms with van der Waals surface area (Å²) in [4.78, 5) is 11.3. The molecule has 0 atom stereocenters. The second-order valence-electron chi connectivity index (χ2n) is 7.90. The fourth-order valence-electron chi connectivity index (χ4n) is 2.93. The first-order chi connectivity index (χ1) is 14.9. The van der Waals surface area contributed by atoms with Crippen LogP contribution in [0.2, 0.25) is 0 Å². The van der Waals surface area contributed by atoms with Crippen molar-refractivity contribution in [3.63, 3.8) is 0 Å². The van der Waals surface area contributed by atoms with E-state index < -0.39 is 23.3 Å². The number of alkyl halides is 3. The lowest BCUT2D eigenvalue weighted by atomic mass is 10.1. The van der Waals surface area contributed by atoms with Crippen molar-refractivity contribution in [1.82, 2.24) is 0 Å². The molecule has 8 heteroatoms. The van der Waals surface area contributed by atoms with Crippen LogP contribution in [0.3, 0.4) is 0 Å². The van der Waals surface area contributed by atoms with Gasteiger partial charge in [0.2, 0.25) is 0 Å². The van der Waals surface area contributed by atoms with Crippen LogP contribution in [-0.2, 0) is 17.6 Å². The monoisotopic (exact) mass is 448 g/mol. The Kier molecular flexibility index (Phi) is 6.25. The van der Waals surface area contributed by atoms with Crippen LogP contribution in [0.1, 0.15) is 36.3 Å². The van der Waals surface area contributed by atoms with E-state index in [4.69, 9.17) is 13.9 Å². The number of ether oxygens (including phenoxy) is 2. The van der Waals surface area contributed by atoms with Crippen molar-refractivity contribution >= 4 is 5.97 Å².